The summed E-state index contributed by atoms with van der Waals surface area (Å²) in [4.78, 5) is 10.8. The van der Waals surface area contributed by atoms with Crippen LogP contribution in [0, 0.1) is 10.1 Å². The summed E-state index contributed by atoms with van der Waals surface area (Å²) >= 11 is 0. The second kappa shape index (κ2) is 8.53. The normalized spacial score (nSPS) is 11.9. The van der Waals surface area contributed by atoms with Crippen LogP contribution in [0.15, 0.2) is 115 Å². The Bertz CT molecular complexity index is 1020. The van der Waals surface area contributed by atoms with Gasteiger partial charge >= 0.3 is 0 Å². The van der Waals surface area contributed by atoms with Crippen molar-refractivity contribution in [2.75, 3.05) is 0 Å². The molecule has 0 saturated heterocycles. The van der Waals surface area contributed by atoms with Gasteiger partial charge in [0.15, 0.2) is 0 Å². The van der Waals surface area contributed by atoms with Crippen LogP contribution in [0.25, 0.3) is 0 Å². The first-order valence-corrected chi connectivity index (χ1v) is 9.63. The lowest BCUT2D eigenvalue weighted by Gasteiger charge is -2.29. The van der Waals surface area contributed by atoms with Gasteiger partial charge in [0.05, 0.1) is 4.92 Å². The van der Waals surface area contributed by atoms with Gasteiger partial charge in [-0.3, -0.25) is 10.1 Å². The molecule has 3 nitrogen and oxygen atoms in total. The summed E-state index contributed by atoms with van der Waals surface area (Å²) in [5, 5.41) is 11.1. The zero-order valence-corrected chi connectivity index (χ0v) is 15.9. The fourth-order valence-electron chi connectivity index (χ4n) is 3.94. The van der Waals surface area contributed by atoms with E-state index in [1.807, 2.05) is 42.5 Å². The van der Waals surface area contributed by atoms with Gasteiger partial charge in [-0.1, -0.05) is 103 Å². The van der Waals surface area contributed by atoms with Crippen LogP contribution in [0.2, 0.25) is 0 Å². The van der Waals surface area contributed by atoms with E-state index in [9.17, 15) is 10.1 Å². The Balaban J connectivity index is 1.91. The van der Waals surface area contributed by atoms with E-state index < -0.39 is 0 Å². The third-order valence-corrected chi connectivity index (χ3v) is 5.27. The topological polar surface area (TPSA) is 43.1 Å². The lowest BCUT2D eigenvalue weighted by molar-refractivity contribution is -0.384. The molecule has 4 aromatic carbocycles. The first-order valence-electron chi connectivity index (χ1n) is 9.63. The van der Waals surface area contributed by atoms with E-state index in [1.165, 1.54) is 16.7 Å². The van der Waals surface area contributed by atoms with Gasteiger partial charge in [-0.05, 0) is 22.3 Å². The molecule has 0 bridgehead atoms. The largest absolute Gasteiger partial charge is 0.269 e. The van der Waals surface area contributed by atoms with E-state index in [1.54, 1.807) is 12.1 Å². The molecule has 0 N–H and O–H groups in total. The molecule has 0 radical (unpaired) electrons. The van der Waals surface area contributed by atoms with E-state index in [0.717, 1.165) is 5.56 Å². The van der Waals surface area contributed by atoms with Crippen molar-refractivity contribution < 1.29 is 4.92 Å². The minimum Gasteiger partial charge on any atom is -0.258 e. The van der Waals surface area contributed by atoms with Gasteiger partial charge in [0.2, 0.25) is 0 Å². The molecule has 4 aromatic rings. The van der Waals surface area contributed by atoms with Crippen LogP contribution in [-0.2, 0) is 0 Å². The Morgan fingerprint density at radius 2 is 0.793 bits per heavy atom. The summed E-state index contributed by atoms with van der Waals surface area (Å²) in [6, 6.07) is 38.2. The van der Waals surface area contributed by atoms with Crippen LogP contribution in [0.3, 0.4) is 0 Å². The molecule has 0 aliphatic rings. The maximum absolute atomic E-state index is 11.1. The summed E-state index contributed by atoms with van der Waals surface area (Å²) in [5.41, 5.74) is 4.77. The second-order valence-corrected chi connectivity index (χ2v) is 7.04. The molecule has 142 valence electrons. The molecule has 0 saturated carbocycles. The van der Waals surface area contributed by atoms with Gasteiger partial charge < -0.3 is 0 Å². The van der Waals surface area contributed by atoms with Crippen LogP contribution in [-0.4, -0.2) is 4.92 Å². The number of non-ortho nitro benzene ring substituents is 1. The molecule has 0 heterocycles. The van der Waals surface area contributed by atoms with Crippen LogP contribution >= 0.6 is 0 Å². The molecule has 3 heteroatoms. The zero-order valence-electron chi connectivity index (χ0n) is 15.9. The monoisotopic (exact) mass is 379 g/mol. The summed E-state index contributed by atoms with van der Waals surface area (Å²) < 4.78 is 0. The average Bonchev–Trinajstić information content (AvgIpc) is 2.79. The van der Waals surface area contributed by atoms with Gasteiger partial charge in [0.25, 0.3) is 5.69 Å². The molecule has 0 amide bonds. The SMILES string of the molecule is O=[N+]([O-])c1ccc(C(c2ccccc2)C(c2ccccc2)c2ccccc2)cc1. The standard InChI is InChI=1S/C26H21NO2/c28-27(29)24-18-16-23(17-19-24)26(22-14-8-3-9-15-22)25(20-10-4-1-5-11-20)21-12-6-2-7-13-21/h1-19,25-26H. The van der Waals surface area contributed by atoms with Crippen LogP contribution in [0.5, 0.6) is 0 Å². The highest BCUT2D eigenvalue weighted by atomic mass is 16.6. The van der Waals surface area contributed by atoms with Gasteiger partial charge in [-0.15, -0.1) is 0 Å². The number of hydrogen-bond donors (Lipinski definition) is 0. The van der Waals surface area contributed by atoms with Gasteiger partial charge in [-0.25, -0.2) is 0 Å². The van der Waals surface area contributed by atoms with E-state index >= 15 is 0 Å². The Labute approximate surface area is 170 Å². The summed E-state index contributed by atoms with van der Waals surface area (Å²) in [6.45, 7) is 0. The van der Waals surface area contributed by atoms with Crippen molar-refractivity contribution >= 4 is 5.69 Å². The Hall–Kier alpha value is -3.72. The molecule has 1 unspecified atom stereocenters. The fourth-order valence-corrected chi connectivity index (χ4v) is 3.94. The lowest BCUT2D eigenvalue weighted by Crippen LogP contribution is -2.14. The van der Waals surface area contributed by atoms with Gasteiger partial charge in [0, 0.05) is 24.0 Å². The fraction of sp³-hybridized carbons (Fsp3) is 0.0769. The molecule has 4 rings (SSSR count). The van der Waals surface area contributed by atoms with E-state index in [-0.39, 0.29) is 22.4 Å². The van der Waals surface area contributed by atoms with Crippen molar-refractivity contribution in [2.45, 2.75) is 11.8 Å². The predicted molar refractivity (Wildman–Crippen MR) is 116 cm³/mol. The molecule has 0 aromatic heterocycles. The molecular formula is C26H21NO2. The Morgan fingerprint density at radius 3 is 1.10 bits per heavy atom. The zero-order chi connectivity index (χ0) is 20.1. The first kappa shape index (κ1) is 18.6. The number of hydrogen-bond acceptors (Lipinski definition) is 2. The Kier molecular flexibility index (Phi) is 5.48. The number of nitro benzene ring substituents is 1. The minimum absolute atomic E-state index is 0.0294. The lowest BCUT2D eigenvalue weighted by atomic mass is 9.74. The van der Waals surface area contributed by atoms with Crippen molar-refractivity contribution in [1.82, 2.24) is 0 Å². The predicted octanol–water partition coefficient (Wildman–Crippen LogP) is 6.56. The number of benzene rings is 4. The average molecular weight is 379 g/mol. The van der Waals surface area contributed by atoms with Crippen molar-refractivity contribution in [3.05, 3.63) is 148 Å². The number of nitrogens with zero attached hydrogens (tertiary/aromatic N) is 1. The summed E-state index contributed by atoms with van der Waals surface area (Å²) in [5.74, 6) is 0.114. The first-order chi connectivity index (χ1) is 14.2. The smallest absolute Gasteiger partial charge is 0.258 e. The van der Waals surface area contributed by atoms with Crippen LogP contribution in [0.1, 0.15) is 34.1 Å². The quantitative estimate of drug-likeness (QED) is 0.281. The molecule has 0 aliphatic heterocycles. The Morgan fingerprint density at radius 1 is 0.483 bits per heavy atom. The van der Waals surface area contributed by atoms with E-state index in [0.29, 0.717) is 0 Å². The second-order valence-electron chi connectivity index (χ2n) is 7.04. The molecular weight excluding hydrogens is 358 g/mol. The highest BCUT2D eigenvalue weighted by Crippen LogP contribution is 2.43. The summed E-state index contributed by atoms with van der Waals surface area (Å²) in [7, 11) is 0. The van der Waals surface area contributed by atoms with Crippen LogP contribution < -0.4 is 0 Å². The third kappa shape index (κ3) is 4.09. The minimum atomic E-state index is -0.354. The number of rotatable bonds is 6. The van der Waals surface area contributed by atoms with Crippen molar-refractivity contribution in [1.29, 1.82) is 0 Å². The molecule has 29 heavy (non-hydrogen) atoms. The third-order valence-electron chi connectivity index (χ3n) is 5.27. The molecule has 1 atom stereocenters. The molecule has 0 spiro atoms. The number of nitro groups is 1. The highest BCUT2D eigenvalue weighted by Gasteiger charge is 2.28. The summed E-state index contributed by atoms with van der Waals surface area (Å²) in [6.07, 6.45) is 0. The maximum Gasteiger partial charge on any atom is 0.269 e. The van der Waals surface area contributed by atoms with E-state index in [4.69, 9.17) is 0 Å². The van der Waals surface area contributed by atoms with Crippen molar-refractivity contribution in [3.63, 3.8) is 0 Å². The maximum atomic E-state index is 11.1. The molecule has 0 aliphatic carbocycles. The van der Waals surface area contributed by atoms with Gasteiger partial charge in [0.1, 0.15) is 0 Å². The van der Waals surface area contributed by atoms with Crippen molar-refractivity contribution in [2.24, 2.45) is 0 Å². The highest BCUT2D eigenvalue weighted by molar-refractivity contribution is 5.46. The van der Waals surface area contributed by atoms with E-state index in [2.05, 4.69) is 60.7 Å². The van der Waals surface area contributed by atoms with Crippen molar-refractivity contribution in [3.8, 4) is 0 Å². The van der Waals surface area contributed by atoms with Crippen LogP contribution in [0.4, 0.5) is 5.69 Å². The van der Waals surface area contributed by atoms with Gasteiger partial charge in [-0.2, -0.15) is 0 Å². The molecule has 0 fully saturated rings.